The molecule has 1 atom stereocenters. The van der Waals surface area contributed by atoms with E-state index >= 15 is 0 Å². The lowest BCUT2D eigenvalue weighted by atomic mass is 9.77. The Morgan fingerprint density at radius 1 is 0.411 bits per heavy atom. The topological polar surface area (TPSA) is 20.9 Å². The van der Waals surface area contributed by atoms with Crippen LogP contribution in [0.25, 0.3) is 45.3 Å². The molecule has 4 aliphatic carbocycles. The van der Waals surface area contributed by atoms with E-state index in [1.165, 1.54) is 207 Å². The largest absolute Gasteiger partial charge is 0.312 e. The smallest absolute Gasteiger partial charge is 0.309 e. The van der Waals surface area contributed by atoms with E-state index < -0.39 is 5.66 Å². The van der Waals surface area contributed by atoms with Crippen molar-refractivity contribution in [2.45, 2.75) is 165 Å². The molecule has 0 amide bonds. The Hall–Kier alpha value is -6.46. The first-order valence-corrected chi connectivity index (χ1v) is 28.9. The number of para-hydroxylation sites is 1. The number of aryl methyl sites for hydroxylation is 1. The highest BCUT2D eigenvalue weighted by atomic mass is 15.4. The zero-order chi connectivity index (χ0) is 48.2. The van der Waals surface area contributed by atoms with Crippen LogP contribution in [0, 0.1) is 6.92 Å². The molecule has 0 N–H and O–H groups in total. The predicted molar refractivity (Wildman–Crippen MR) is 296 cm³/mol. The second-order valence-corrected chi connectivity index (χ2v) is 23.5. The van der Waals surface area contributed by atoms with E-state index in [1.807, 2.05) is 0 Å². The van der Waals surface area contributed by atoms with E-state index in [0.29, 0.717) is 23.7 Å². The fourth-order valence-corrected chi connectivity index (χ4v) is 16.2. The van der Waals surface area contributed by atoms with Crippen molar-refractivity contribution in [2.75, 3.05) is 4.90 Å². The van der Waals surface area contributed by atoms with Gasteiger partial charge in [0.1, 0.15) is 36.2 Å². The van der Waals surface area contributed by atoms with E-state index in [1.54, 1.807) is 22.3 Å². The van der Waals surface area contributed by atoms with Crippen molar-refractivity contribution in [2.24, 2.45) is 0 Å². The molecule has 4 saturated carbocycles. The highest BCUT2D eigenvalue weighted by Crippen LogP contribution is 2.61. The summed E-state index contributed by atoms with van der Waals surface area (Å²) in [6, 6.07) is 47.6. The maximum absolute atomic E-state index is 2.76. The van der Waals surface area contributed by atoms with Gasteiger partial charge in [-0.25, -0.2) is 0 Å². The van der Waals surface area contributed by atoms with Crippen molar-refractivity contribution in [3.8, 4) is 45.3 Å². The third-order valence-electron chi connectivity index (χ3n) is 19.4. The molecule has 6 aromatic carbocycles. The Morgan fingerprint density at radius 3 is 1.23 bits per heavy atom. The minimum atomic E-state index is -0.634. The lowest BCUT2D eigenvalue weighted by Gasteiger charge is -2.37. The minimum absolute atomic E-state index is 0.531. The van der Waals surface area contributed by atoms with Crippen molar-refractivity contribution in [1.29, 1.82) is 0 Å². The molecule has 5 nitrogen and oxygen atoms in total. The molecule has 366 valence electrons. The van der Waals surface area contributed by atoms with E-state index in [2.05, 4.69) is 176 Å². The summed E-state index contributed by atoms with van der Waals surface area (Å²) in [5, 5.41) is 0. The lowest BCUT2D eigenvalue weighted by molar-refractivity contribution is -0.954. The maximum Gasteiger partial charge on any atom is 0.312 e. The zero-order valence-electron chi connectivity index (χ0n) is 43.0. The highest BCUT2D eigenvalue weighted by Gasteiger charge is 2.68. The summed E-state index contributed by atoms with van der Waals surface area (Å²) in [6.07, 6.45) is 36.2. The molecule has 5 heterocycles. The van der Waals surface area contributed by atoms with Gasteiger partial charge in [-0.2, -0.15) is 18.3 Å². The summed E-state index contributed by atoms with van der Waals surface area (Å²) in [6.45, 7) is 2.38. The number of hydrogen-bond donors (Lipinski definition) is 0. The van der Waals surface area contributed by atoms with Gasteiger partial charge in [0.15, 0.2) is 0 Å². The molecule has 7 aliphatic rings. The van der Waals surface area contributed by atoms with Crippen LogP contribution in [0.15, 0.2) is 146 Å². The van der Waals surface area contributed by atoms with Gasteiger partial charge in [-0.3, -0.25) is 0 Å². The van der Waals surface area contributed by atoms with Crippen LogP contribution >= 0.6 is 0 Å². The monoisotopic (exact) mass is 958 g/mol. The van der Waals surface area contributed by atoms with E-state index in [0.717, 1.165) is 0 Å². The van der Waals surface area contributed by atoms with Crippen molar-refractivity contribution in [3.63, 3.8) is 0 Å². The van der Waals surface area contributed by atoms with Crippen LogP contribution in [-0.2, 0) is 5.66 Å². The summed E-state index contributed by atoms with van der Waals surface area (Å²) in [7, 11) is 0. The van der Waals surface area contributed by atoms with Crippen LogP contribution in [0.2, 0.25) is 0 Å². The number of rotatable bonds is 8. The molecule has 8 aromatic rings. The second kappa shape index (κ2) is 17.6. The van der Waals surface area contributed by atoms with Gasteiger partial charge in [0.25, 0.3) is 11.6 Å². The molecule has 0 bridgehead atoms. The summed E-state index contributed by atoms with van der Waals surface area (Å²) in [5.74, 6) is 4.85. The molecular weight excluding hydrogens is 887 g/mol. The minimum Gasteiger partial charge on any atom is -0.309 e. The SMILES string of the molecule is Cc1cc(C2CCCCC2)c(-n2cc[n+]3c2-c2cccc4c2C32c3c(cccc3N4c3ccccc3)-c3n(-c4c(C5CCCCC5)cc(-c5ccccc5)cc4C4CCCCC4)cc[n+]32)c(C2CCCCC2)c1. The molecule has 1 spiro atoms. The van der Waals surface area contributed by atoms with E-state index in [9.17, 15) is 0 Å². The molecule has 73 heavy (non-hydrogen) atoms. The van der Waals surface area contributed by atoms with Crippen LogP contribution in [0.5, 0.6) is 0 Å². The Bertz CT molecular complexity index is 3330. The lowest BCUT2D eigenvalue weighted by Crippen LogP contribution is -2.71. The molecule has 3 aliphatic heterocycles. The van der Waals surface area contributed by atoms with Gasteiger partial charge in [0, 0.05) is 27.9 Å². The number of anilines is 3. The van der Waals surface area contributed by atoms with Gasteiger partial charge >= 0.3 is 5.66 Å². The number of nitrogens with zero attached hydrogens (tertiary/aromatic N) is 5. The molecule has 5 heteroatoms. The van der Waals surface area contributed by atoms with Gasteiger partial charge in [0.2, 0.25) is 0 Å². The molecule has 0 saturated heterocycles. The Kier molecular flexibility index (Phi) is 10.6. The van der Waals surface area contributed by atoms with Crippen LogP contribution in [0.4, 0.5) is 17.1 Å². The first-order chi connectivity index (χ1) is 36.2. The van der Waals surface area contributed by atoms with Crippen molar-refractivity contribution in [1.82, 2.24) is 9.13 Å². The summed E-state index contributed by atoms with van der Waals surface area (Å²) in [4.78, 5) is 2.60. The number of hydrogen-bond acceptors (Lipinski definition) is 1. The predicted octanol–water partition coefficient (Wildman–Crippen LogP) is 17.1. The van der Waals surface area contributed by atoms with Gasteiger partial charge in [-0.15, -0.1) is 0 Å². The third kappa shape index (κ3) is 6.65. The van der Waals surface area contributed by atoms with Gasteiger partial charge in [-0.05, 0) is 142 Å². The van der Waals surface area contributed by atoms with Crippen molar-refractivity contribution < 1.29 is 9.13 Å². The molecule has 15 rings (SSSR count). The second-order valence-electron chi connectivity index (χ2n) is 23.5. The summed E-state index contributed by atoms with van der Waals surface area (Å²) in [5.41, 5.74) is 22.1. The first-order valence-electron chi connectivity index (χ1n) is 28.9. The fraction of sp³-hybridized carbons (Fsp3) is 0.382. The fourth-order valence-electron chi connectivity index (χ4n) is 16.2. The molecular formula is C68H71N5+2. The number of imidazole rings is 2. The van der Waals surface area contributed by atoms with Gasteiger partial charge in [0.05, 0.1) is 33.6 Å². The average molecular weight is 958 g/mol. The van der Waals surface area contributed by atoms with E-state index in [4.69, 9.17) is 0 Å². The number of fused-ring (bicyclic) bond motifs is 4. The number of aromatic nitrogens is 4. The normalized spacial score (nSPS) is 20.8. The van der Waals surface area contributed by atoms with Gasteiger partial charge < -0.3 is 4.90 Å². The highest BCUT2D eigenvalue weighted by molar-refractivity contribution is 5.94. The van der Waals surface area contributed by atoms with Crippen LogP contribution in [0.1, 0.15) is 191 Å². The third-order valence-corrected chi connectivity index (χ3v) is 19.4. The standard InChI is InChI=1S/C68H71N5/c1-46-42-56(48-24-10-3-11-25-48)64(57(43-46)49-26-12-4-13-27-49)69-38-40-71-66(69)54-34-20-36-60-62(54)68(71)63-55(35-21-37-61(63)73(60)53-32-18-7-19-33-53)67-70(39-41-72(67)68)65-58(50-28-14-5-15-29-50)44-52(47-22-8-2-9-23-47)45-59(65)51-30-16-6-17-31-51/h2,7-9,18-23,32-45,48-51H,3-6,10-17,24-31H2,1H3/q+2. The van der Waals surface area contributed by atoms with Gasteiger partial charge in [-0.1, -0.05) is 155 Å². The zero-order valence-corrected chi connectivity index (χ0v) is 43.0. The average Bonchev–Trinajstić information content (AvgIpc) is 4.26. The molecule has 4 fully saturated rings. The molecule has 1 unspecified atom stereocenters. The van der Waals surface area contributed by atoms with Crippen molar-refractivity contribution >= 4 is 17.1 Å². The molecule has 2 aromatic heterocycles. The maximum atomic E-state index is 2.76. The quantitative estimate of drug-likeness (QED) is 0.139. The van der Waals surface area contributed by atoms with Crippen LogP contribution < -0.4 is 14.0 Å². The Balaban J connectivity index is 1.03. The first kappa shape index (κ1) is 44.1. The number of benzene rings is 6. The Morgan fingerprint density at radius 2 is 0.808 bits per heavy atom. The van der Waals surface area contributed by atoms with Crippen LogP contribution in [0.3, 0.4) is 0 Å². The molecule has 0 radical (unpaired) electrons. The van der Waals surface area contributed by atoms with E-state index in [-0.39, 0.29) is 0 Å². The van der Waals surface area contributed by atoms with Crippen molar-refractivity contribution in [3.05, 3.63) is 185 Å². The summed E-state index contributed by atoms with van der Waals surface area (Å²) < 4.78 is 11.0. The summed E-state index contributed by atoms with van der Waals surface area (Å²) >= 11 is 0. The Labute approximate surface area is 433 Å². The van der Waals surface area contributed by atoms with Crippen LogP contribution in [-0.4, -0.2) is 9.13 Å².